The lowest BCUT2D eigenvalue weighted by atomic mass is 10.1. The van der Waals surface area contributed by atoms with Crippen molar-refractivity contribution < 1.29 is 19.4 Å². The largest absolute Gasteiger partial charge is 0.497 e. The Morgan fingerprint density at radius 3 is 2.55 bits per heavy atom. The van der Waals surface area contributed by atoms with Crippen molar-refractivity contribution in [2.24, 2.45) is 0 Å². The lowest BCUT2D eigenvalue weighted by molar-refractivity contribution is -0.136. The molecule has 0 unspecified atom stereocenters. The van der Waals surface area contributed by atoms with Crippen molar-refractivity contribution in [1.29, 1.82) is 0 Å². The van der Waals surface area contributed by atoms with Crippen LogP contribution in [0.1, 0.15) is 5.56 Å². The highest BCUT2D eigenvalue weighted by atomic mass is 32.1. The fourth-order valence-electron chi connectivity index (χ4n) is 3.54. The molecule has 1 amide bonds. The van der Waals surface area contributed by atoms with Crippen LogP contribution in [0.2, 0.25) is 0 Å². The molecule has 0 fully saturated rings. The molecule has 10 heteroatoms. The Hall–Kier alpha value is -4.05. The first-order valence-corrected chi connectivity index (χ1v) is 10.0. The summed E-state index contributed by atoms with van der Waals surface area (Å²) in [6, 6.07) is 13.9. The number of anilines is 1. The summed E-state index contributed by atoms with van der Waals surface area (Å²) in [6.45, 7) is -0.490. The van der Waals surface area contributed by atoms with E-state index in [1.54, 1.807) is 55.6 Å². The number of carbonyl (C=O) groups excluding carboxylic acids is 1. The standard InChI is InChI=1S/C21H14N4O5S/c1-30-12-8-6-11(7-9-12)18-22-21-25(23-18)20(29)17(31-21)16-13-4-2-3-5-14(13)24(19(16)28)10-15(26)27/h2-9H,10H2,1H3,(H,26,27)/b17-16-. The summed E-state index contributed by atoms with van der Waals surface area (Å²) in [5, 5.41) is 13.5. The summed E-state index contributed by atoms with van der Waals surface area (Å²) >= 11 is 1.05. The van der Waals surface area contributed by atoms with Gasteiger partial charge < -0.3 is 9.84 Å². The van der Waals surface area contributed by atoms with Crippen LogP contribution in [-0.2, 0) is 9.59 Å². The van der Waals surface area contributed by atoms with E-state index in [1.807, 2.05) is 0 Å². The van der Waals surface area contributed by atoms with E-state index in [2.05, 4.69) is 10.1 Å². The van der Waals surface area contributed by atoms with Crippen molar-refractivity contribution in [3.05, 3.63) is 69.0 Å². The zero-order valence-corrected chi connectivity index (χ0v) is 16.9. The number of ether oxygens (including phenoxy) is 1. The molecule has 1 aliphatic heterocycles. The number of para-hydroxylation sites is 1. The molecular weight excluding hydrogens is 420 g/mol. The van der Waals surface area contributed by atoms with Gasteiger partial charge in [0.1, 0.15) is 16.8 Å². The third kappa shape index (κ3) is 2.96. The summed E-state index contributed by atoms with van der Waals surface area (Å²) in [5.41, 5.74) is 1.40. The third-order valence-electron chi connectivity index (χ3n) is 4.95. The molecule has 0 saturated heterocycles. The predicted molar refractivity (Wildman–Crippen MR) is 113 cm³/mol. The maximum atomic E-state index is 13.1. The number of carboxylic acids is 1. The van der Waals surface area contributed by atoms with Gasteiger partial charge in [-0.1, -0.05) is 29.5 Å². The highest BCUT2D eigenvalue weighted by Gasteiger charge is 2.35. The molecule has 5 rings (SSSR count). The average Bonchev–Trinajstić information content (AvgIpc) is 3.40. The van der Waals surface area contributed by atoms with Gasteiger partial charge in [-0.05, 0) is 30.3 Å². The average molecular weight is 434 g/mol. The molecule has 0 radical (unpaired) electrons. The normalized spacial score (nSPS) is 14.9. The fourth-order valence-corrected chi connectivity index (χ4v) is 4.54. The van der Waals surface area contributed by atoms with Crippen molar-refractivity contribution >= 4 is 39.4 Å². The van der Waals surface area contributed by atoms with E-state index in [0.29, 0.717) is 27.8 Å². The molecule has 2 aromatic carbocycles. The Bertz CT molecular complexity index is 1470. The summed E-state index contributed by atoms with van der Waals surface area (Å²) in [5.74, 6) is -0.593. The number of fused-ring (bicyclic) bond motifs is 2. The molecule has 154 valence electrons. The first kappa shape index (κ1) is 18.9. The van der Waals surface area contributed by atoms with Crippen LogP contribution in [0, 0.1) is 0 Å². The Morgan fingerprint density at radius 2 is 1.87 bits per heavy atom. The minimum Gasteiger partial charge on any atom is -0.497 e. The van der Waals surface area contributed by atoms with Crippen LogP contribution in [0.5, 0.6) is 5.75 Å². The summed E-state index contributed by atoms with van der Waals surface area (Å²) in [6.07, 6.45) is 0. The van der Waals surface area contributed by atoms with Crippen molar-refractivity contribution in [3.63, 3.8) is 0 Å². The van der Waals surface area contributed by atoms with Crippen LogP contribution >= 0.6 is 11.3 Å². The van der Waals surface area contributed by atoms with Gasteiger partial charge in [0.05, 0.1) is 18.4 Å². The van der Waals surface area contributed by atoms with E-state index in [9.17, 15) is 19.5 Å². The Balaban J connectivity index is 1.67. The molecule has 2 aromatic heterocycles. The highest BCUT2D eigenvalue weighted by molar-refractivity contribution is 7.15. The first-order chi connectivity index (χ1) is 15.0. The second kappa shape index (κ2) is 7.03. The van der Waals surface area contributed by atoms with E-state index >= 15 is 0 Å². The minimum atomic E-state index is -1.14. The fraction of sp³-hybridized carbons (Fsp3) is 0.0952. The van der Waals surface area contributed by atoms with Crippen LogP contribution in [0.4, 0.5) is 5.69 Å². The molecule has 31 heavy (non-hydrogen) atoms. The van der Waals surface area contributed by atoms with Gasteiger partial charge in [-0.2, -0.15) is 9.50 Å². The number of aliphatic carboxylic acids is 1. The van der Waals surface area contributed by atoms with Crippen molar-refractivity contribution in [2.45, 2.75) is 0 Å². The molecule has 0 saturated carbocycles. The van der Waals surface area contributed by atoms with Gasteiger partial charge in [-0.15, -0.1) is 5.10 Å². The SMILES string of the molecule is COc1ccc(-c2nc3s/c(=C4\C(=O)N(CC(=O)O)c5ccccc54)c(=O)n3n2)cc1. The van der Waals surface area contributed by atoms with Gasteiger partial charge in [0.2, 0.25) is 4.96 Å². The molecule has 0 atom stereocenters. The summed E-state index contributed by atoms with van der Waals surface area (Å²) in [4.78, 5) is 43.3. The lowest BCUT2D eigenvalue weighted by Gasteiger charge is -2.13. The molecule has 0 bridgehead atoms. The van der Waals surface area contributed by atoms with E-state index in [-0.39, 0.29) is 10.1 Å². The smallest absolute Gasteiger partial charge is 0.323 e. The number of benzene rings is 2. The number of hydrogen-bond donors (Lipinski definition) is 1. The Morgan fingerprint density at radius 1 is 1.13 bits per heavy atom. The molecule has 0 spiro atoms. The third-order valence-corrected chi connectivity index (χ3v) is 5.98. The minimum absolute atomic E-state index is 0.171. The maximum absolute atomic E-state index is 13.1. The van der Waals surface area contributed by atoms with E-state index < -0.39 is 24.0 Å². The first-order valence-electron chi connectivity index (χ1n) is 9.19. The van der Waals surface area contributed by atoms with Gasteiger partial charge in [0.25, 0.3) is 11.5 Å². The number of carbonyl (C=O) groups is 2. The molecular formula is C21H14N4O5S. The number of hydrogen-bond acceptors (Lipinski definition) is 7. The number of aromatic nitrogens is 3. The molecule has 1 aliphatic rings. The molecule has 4 aromatic rings. The van der Waals surface area contributed by atoms with Gasteiger partial charge in [0.15, 0.2) is 5.82 Å². The number of nitrogens with zero attached hydrogens (tertiary/aromatic N) is 4. The number of rotatable bonds is 4. The molecule has 9 nitrogen and oxygen atoms in total. The van der Waals surface area contributed by atoms with Crippen LogP contribution in [0.25, 0.3) is 21.9 Å². The van der Waals surface area contributed by atoms with Crippen LogP contribution in [0.15, 0.2) is 53.3 Å². The van der Waals surface area contributed by atoms with Gasteiger partial charge in [0, 0.05) is 11.1 Å². The molecule has 0 aliphatic carbocycles. The molecule has 1 N–H and O–H groups in total. The second-order valence-electron chi connectivity index (χ2n) is 6.77. The number of carboxylic acid groups (broad SMARTS) is 1. The van der Waals surface area contributed by atoms with Gasteiger partial charge in [-0.25, -0.2) is 0 Å². The van der Waals surface area contributed by atoms with Crippen molar-refractivity contribution in [3.8, 4) is 17.1 Å². The van der Waals surface area contributed by atoms with Crippen LogP contribution in [-0.4, -0.2) is 45.2 Å². The zero-order valence-electron chi connectivity index (χ0n) is 16.1. The Kier molecular flexibility index (Phi) is 4.29. The summed E-state index contributed by atoms with van der Waals surface area (Å²) in [7, 11) is 1.57. The number of thiazole rings is 1. The predicted octanol–water partition coefficient (Wildman–Crippen LogP) is 1.18. The second-order valence-corrected chi connectivity index (χ2v) is 7.75. The quantitative estimate of drug-likeness (QED) is 0.513. The van der Waals surface area contributed by atoms with Gasteiger partial charge >= 0.3 is 5.97 Å². The van der Waals surface area contributed by atoms with E-state index in [4.69, 9.17) is 4.74 Å². The topological polar surface area (TPSA) is 114 Å². The van der Waals surface area contributed by atoms with E-state index in [0.717, 1.165) is 21.8 Å². The zero-order chi connectivity index (χ0) is 21.7. The van der Waals surface area contributed by atoms with Crippen molar-refractivity contribution in [2.75, 3.05) is 18.6 Å². The number of amides is 1. The van der Waals surface area contributed by atoms with E-state index in [1.165, 1.54) is 4.52 Å². The van der Waals surface area contributed by atoms with Gasteiger partial charge in [-0.3, -0.25) is 19.3 Å². The number of methoxy groups -OCH3 is 1. The summed E-state index contributed by atoms with van der Waals surface area (Å²) < 4.78 is 6.49. The lowest BCUT2D eigenvalue weighted by Crippen LogP contribution is -2.35. The van der Waals surface area contributed by atoms with Crippen LogP contribution in [0.3, 0.4) is 0 Å². The maximum Gasteiger partial charge on any atom is 0.323 e. The monoisotopic (exact) mass is 434 g/mol. The Labute approximate surface area is 178 Å². The molecule has 3 heterocycles. The van der Waals surface area contributed by atoms with Crippen LogP contribution < -0.4 is 19.7 Å². The highest BCUT2D eigenvalue weighted by Crippen LogP contribution is 2.35. The van der Waals surface area contributed by atoms with Crippen molar-refractivity contribution in [1.82, 2.24) is 14.6 Å².